The number of rotatable bonds is 4. The summed E-state index contributed by atoms with van der Waals surface area (Å²) in [5.74, 6) is -1.34. The number of nitrogens with one attached hydrogen (secondary N) is 1. The summed E-state index contributed by atoms with van der Waals surface area (Å²) in [6.45, 7) is 0.0933. The Kier molecular flexibility index (Phi) is 4.44. The van der Waals surface area contributed by atoms with Crippen LogP contribution >= 0.6 is 11.3 Å². The highest BCUT2D eigenvalue weighted by molar-refractivity contribution is 7.22. The zero-order valence-electron chi connectivity index (χ0n) is 14.0. The number of amides is 3. The van der Waals surface area contributed by atoms with E-state index in [1.54, 1.807) is 6.07 Å². The molecule has 4 rings (SSSR count). The van der Waals surface area contributed by atoms with E-state index < -0.39 is 0 Å². The molecule has 8 heteroatoms. The minimum atomic E-state index is -0.355. The average molecular weight is 375 g/mol. The average Bonchev–Trinajstić information content (AvgIpc) is 3.12. The first-order valence-electron chi connectivity index (χ1n) is 8.74. The molecule has 3 amide bonds. The number of halogens is 1. The topological polar surface area (TPSA) is 79.4 Å². The predicted molar refractivity (Wildman–Crippen MR) is 95.0 cm³/mol. The molecule has 0 unspecified atom stereocenters. The van der Waals surface area contributed by atoms with Crippen LogP contribution in [0.4, 0.5) is 9.52 Å². The molecule has 26 heavy (non-hydrogen) atoms. The molecule has 1 N–H and O–H groups in total. The monoisotopic (exact) mass is 375 g/mol. The zero-order valence-corrected chi connectivity index (χ0v) is 14.9. The molecule has 2 atom stereocenters. The molecule has 0 radical (unpaired) electrons. The second kappa shape index (κ2) is 6.75. The van der Waals surface area contributed by atoms with Gasteiger partial charge >= 0.3 is 0 Å². The van der Waals surface area contributed by atoms with Gasteiger partial charge in [-0.05, 0) is 31.0 Å². The van der Waals surface area contributed by atoms with Gasteiger partial charge in [0.05, 0.1) is 22.1 Å². The van der Waals surface area contributed by atoms with Gasteiger partial charge in [-0.2, -0.15) is 0 Å². The molecule has 0 bridgehead atoms. The van der Waals surface area contributed by atoms with Crippen LogP contribution in [-0.2, 0) is 14.4 Å². The van der Waals surface area contributed by atoms with Crippen molar-refractivity contribution in [2.45, 2.75) is 32.1 Å². The molecule has 2 fully saturated rings. The molecule has 1 aliphatic carbocycles. The molecule has 1 saturated heterocycles. The van der Waals surface area contributed by atoms with Crippen LogP contribution in [0, 0.1) is 17.7 Å². The fourth-order valence-electron chi connectivity index (χ4n) is 3.80. The van der Waals surface area contributed by atoms with Gasteiger partial charge in [0.2, 0.25) is 17.7 Å². The third-order valence-electron chi connectivity index (χ3n) is 5.09. The van der Waals surface area contributed by atoms with E-state index in [2.05, 4.69) is 10.3 Å². The lowest BCUT2D eigenvalue weighted by Crippen LogP contribution is -2.34. The maximum Gasteiger partial charge on any atom is 0.233 e. The van der Waals surface area contributed by atoms with Crippen LogP contribution in [-0.4, -0.2) is 34.2 Å². The van der Waals surface area contributed by atoms with Crippen LogP contribution in [0.2, 0.25) is 0 Å². The summed E-state index contributed by atoms with van der Waals surface area (Å²) in [5.41, 5.74) is 0.612. The van der Waals surface area contributed by atoms with Crippen molar-refractivity contribution in [3.63, 3.8) is 0 Å². The highest BCUT2D eigenvalue weighted by Crippen LogP contribution is 2.38. The molecule has 0 spiro atoms. The maximum atomic E-state index is 13.2. The van der Waals surface area contributed by atoms with Crippen LogP contribution in [0.1, 0.15) is 32.1 Å². The number of carbonyl (C=O) groups excluding carboxylic acids is 3. The van der Waals surface area contributed by atoms with Crippen molar-refractivity contribution in [3.05, 3.63) is 24.0 Å². The third kappa shape index (κ3) is 3.09. The second-order valence-corrected chi connectivity index (χ2v) is 7.79. The number of fused-ring (bicyclic) bond motifs is 2. The van der Waals surface area contributed by atoms with Gasteiger partial charge in [-0.3, -0.25) is 19.3 Å². The maximum absolute atomic E-state index is 13.2. The molecule has 2 aromatic rings. The number of hydrogen-bond acceptors (Lipinski definition) is 5. The number of aromatic nitrogens is 1. The smallest absolute Gasteiger partial charge is 0.233 e. The number of nitrogens with zero attached hydrogens (tertiary/aromatic N) is 2. The van der Waals surface area contributed by atoms with Crippen LogP contribution in [0.25, 0.3) is 10.2 Å². The molecule has 1 saturated carbocycles. The highest BCUT2D eigenvalue weighted by Gasteiger charge is 2.47. The van der Waals surface area contributed by atoms with E-state index >= 15 is 0 Å². The SMILES string of the molecule is O=C(CCN1C(=O)[C@H]2CCCC[C@H]2C1=O)Nc1nc2ccc(F)cc2s1. The van der Waals surface area contributed by atoms with Gasteiger partial charge in [0.15, 0.2) is 5.13 Å². The molecule has 2 aliphatic rings. The Morgan fingerprint density at radius 3 is 2.62 bits per heavy atom. The normalized spacial score (nSPS) is 22.7. The van der Waals surface area contributed by atoms with Gasteiger partial charge in [-0.15, -0.1) is 0 Å². The fraction of sp³-hybridized carbons (Fsp3) is 0.444. The predicted octanol–water partition coefficient (Wildman–Crippen LogP) is 2.94. The second-order valence-electron chi connectivity index (χ2n) is 6.75. The zero-order chi connectivity index (χ0) is 18.3. The number of thiazole rings is 1. The van der Waals surface area contributed by atoms with Crippen LogP contribution < -0.4 is 5.32 Å². The lowest BCUT2D eigenvalue weighted by Gasteiger charge is -2.19. The summed E-state index contributed by atoms with van der Waals surface area (Å²) in [7, 11) is 0. The Labute approximate surface area is 153 Å². The molecular weight excluding hydrogens is 357 g/mol. The van der Waals surface area contributed by atoms with Crippen molar-refractivity contribution in [1.29, 1.82) is 0 Å². The fourth-order valence-corrected chi connectivity index (χ4v) is 4.71. The minimum Gasteiger partial charge on any atom is -0.302 e. The Bertz CT molecular complexity index is 873. The minimum absolute atomic E-state index is 0.0290. The summed E-state index contributed by atoms with van der Waals surface area (Å²) in [6.07, 6.45) is 3.51. The van der Waals surface area contributed by atoms with E-state index in [0.29, 0.717) is 15.3 Å². The first-order valence-corrected chi connectivity index (χ1v) is 9.56. The summed E-state index contributed by atoms with van der Waals surface area (Å²) in [5, 5.41) is 3.04. The van der Waals surface area contributed by atoms with Crippen molar-refractivity contribution >= 4 is 44.4 Å². The summed E-state index contributed by atoms with van der Waals surface area (Å²) >= 11 is 1.18. The molecule has 2 heterocycles. The summed E-state index contributed by atoms with van der Waals surface area (Å²) < 4.78 is 13.9. The number of anilines is 1. The van der Waals surface area contributed by atoms with Gasteiger partial charge in [-0.1, -0.05) is 24.2 Å². The summed E-state index contributed by atoms with van der Waals surface area (Å²) in [6, 6.07) is 4.24. The Hall–Kier alpha value is -2.35. The number of imide groups is 1. The van der Waals surface area contributed by atoms with E-state index in [4.69, 9.17) is 0 Å². The first-order chi connectivity index (χ1) is 12.5. The lowest BCUT2D eigenvalue weighted by molar-refractivity contribution is -0.140. The third-order valence-corrected chi connectivity index (χ3v) is 6.03. The quantitative estimate of drug-likeness (QED) is 0.834. The molecule has 1 aromatic carbocycles. The molecular formula is C18H18FN3O3S. The Morgan fingerprint density at radius 1 is 1.23 bits per heavy atom. The molecule has 1 aliphatic heterocycles. The highest BCUT2D eigenvalue weighted by atomic mass is 32.1. The van der Waals surface area contributed by atoms with Gasteiger partial charge < -0.3 is 5.32 Å². The standard InChI is InChI=1S/C18H18FN3O3S/c19-10-5-6-13-14(9-10)26-18(20-13)21-15(23)7-8-22-16(24)11-3-1-2-4-12(11)17(22)25/h5-6,9,11-12H,1-4,7-8H2,(H,20,21,23)/t11-,12+. The Morgan fingerprint density at radius 2 is 1.92 bits per heavy atom. The molecule has 1 aromatic heterocycles. The molecule has 6 nitrogen and oxygen atoms in total. The largest absolute Gasteiger partial charge is 0.302 e. The van der Waals surface area contributed by atoms with E-state index in [9.17, 15) is 18.8 Å². The van der Waals surface area contributed by atoms with Crippen molar-refractivity contribution in [3.8, 4) is 0 Å². The van der Waals surface area contributed by atoms with Crippen molar-refractivity contribution in [2.24, 2.45) is 11.8 Å². The van der Waals surface area contributed by atoms with Gasteiger partial charge in [-0.25, -0.2) is 9.37 Å². The van der Waals surface area contributed by atoms with E-state index in [1.165, 1.54) is 28.4 Å². The number of likely N-dealkylation sites (tertiary alicyclic amines) is 1. The van der Waals surface area contributed by atoms with Crippen LogP contribution in [0.5, 0.6) is 0 Å². The van der Waals surface area contributed by atoms with E-state index in [-0.39, 0.29) is 48.3 Å². The number of hydrogen-bond donors (Lipinski definition) is 1. The molecule has 136 valence electrons. The van der Waals surface area contributed by atoms with E-state index in [0.717, 1.165) is 25.7 Å². The first kappa shape index (κ1) is 17.1. The van der Waals surface area contributed by atoms with Gasteiger partial charge in [0, 0.05) is 13.0 Å². The van der Waals surface area contributed by atoms with E-state index in [1.807, 2.05) is 0 Å². The van der Waals surface area contributed by atoms with Crippen molar-refractivity contribution in [1.82, 2.24) is 9.88 Å². The summed E-state index contributed by atoms with van der Waals surface area (Å²) in [4.78, 5) is 42.4. The van der Waals surface area contributed by atoms with Crippen molar-refractivity contribution in [2.75, 3.05) is 11.9 Å². The van der Waals surface area contributed by atoms with Crippen LogP contribution in [0.3, 0.4) is 0 Å². The number of carbonyl (C=O) groups is 3. The van der Waals surface area contributed by atoms with Crippen molar-refractivity contribution < 1.29 is 18.8 Å². The van der Waals surface area contributed by atoms with Gasteiger partial charge in [0.25, 0.3) is 0 Å². The Balaban J connectivity index is 1.37. The van der Waals surface area contributed by atoms with Crippen LogP contribution in [0.15, 0.2) is 18.2 Å². The van der Waals surface area contributed by atoms with Gasteiger partial charge in [0.1, 0.15) is 5.82 Å². The number of benzene rings is 1. The lowest BCUT2D eigenvalue weighted by atomic mass is 9.81.